The van der Waals surface area contributed by atoms with E-state index < -0.39 is 10.5 Å². The molecule has 0 spiro atoms. The first-order valence-corrected chi connectivity index (χ1v) is 8.39. The second-order valence-electron chi connectivity index (χ2n) is 6.83. The Labute approximate surface area is 154 Å². The van der Waals surface area contributed by atoms with Crippen LogP contribution >= 0.6 is 0 Å². The maximum atomic E-state index is 10.8. The summed E-state index contributed by atoms with van der Waals surface area (Å²) in [5.74, 6) is 0.552. The summed E-state index contributed by atoms with van der Waals surface area (Å²) in [6.45, 7) is 5.11. The van der Waals surface area contributed by atoms with Crippen LogP contribution in [0.3, 0.4) is 0 Å². The number of fused-ring (bicyclic) bond motifs is 1. The molecule has 0 N–H and O–H groups in total. The van der Waals surface area contributed by atoms with Gasteiger partial charge < -0.3 is 19.6 Å². The van der Waals surface area contributed by atoms with Gasteiger partial charge in [0.15, 0.2) is 0 Å². The van der Waals surface area contributed by atoms with Gasteiger partial charge in [0, 0.05) is 4.98 Å². The number of nitrogens with zero attached hydrogens (tertiary/aromatic N) is 6. The molecule has 0 saturated carbocycles. The summed E-state index contributed by atoms with van der Waals surface area (Å²) >= 11 is 0. The van der Waals surface area contributed by atoms with Gasteiger partial charge in [0.1, 0.15) is 29.8 Å². The first kappa shape index (κ1) is 17.0. The van der Waals surface area contributed by atoms with Crippen molar-refractivity contribution in [2.24, 2.45) is 0 Å². The Morgan fingerprint density at radius 1 is 1.33 bits per heavy atom. The van der Waals surface area contributed by atoms with Crippen LogP contribution in [0.5, 0.6) is 11.8 Å². The van der Waals surface area contributed by atoms with E-state index in [4.69, 9.17) is 9.47 Å². The maximum absolute atomic E-state index is 10.8. The molecule has 0 fully saturated rings. The molecule has 3 heterocycles. The number of imidazole rings is 1. The molecule has 0 amide bonds. The topological polar surface area (TPSA) is 110 Å². The molecule has 1 atom stereocenters. The van der Waals surface area contributed by atoms with Crippen LogP contribution in [0, 0.1) is 17.0 Å². The van der Waals surface area contributed by atoms with Crippen molar-refractivity contribution in [1.29, 1.82) is 0 Å². The summed E-state index contributed by atoms with van der Waals surface area (Å²) in [5.41, 5.74) is 1.26. The third-order valence-corrected chi connectivity index (χ3v) is 4.25. The van der Waals surface area contributed by atoms with Gasteiger partial charge in [-0.3, -0.25) is 4.57 Å². The van der Waals surface area contributed by atoms with Gasteiger partial charge in [-0.1, -0.05) is 22.9 Å². The Morgan fingerprint density at radius 2 is 2.11 bits per heavy atom. The number of aryl methyl sites for hydroxylation is 1. The molecule has 1 aromatic carbocycles. The number of nitro groups is 1. The molecule has 0 bridgehead atoms. The van der Waals surface area contributed by atoms with Crippen LogP contribution in [-0.2, 0) is 19.7 Å². The summed E-state index contributed by atoms with van der Waals surface area (Å²) in [7, 11) is 0. The van der Waals surface area contributed by atoms with Crippen LogP contribution in [0.25, 0.3) is 0 Å². The van der Waals surface area contributed by atoms with Crippen LogP contribution < -0.4 is 9.47 Å². The van der Waals surface area contributed by atoms with Crippen molar-refractivity contribution in [1.82, 2.24) is 24.5 Å². The highest BCUT2D eigenvalue weighted by atomic mass is 16.6. The Kier molecular flexibility index (Phi) is 4.02. The zero-order chi connectivity index (χ0) is 19.0. The van der Waals surface area contributed by atoms with Crippen molar-refractivity contribution in [3.63, 3.8) is 0 Å². The minimum Gasteiger partial charge on any atom is -0.487 e. The fraction of sp³-hybridized carbons (Fsp3) is 0.353. The number of rotatable bonds is 6. The van der Waals surface area contributed by atoms with Gasteiger partial charge in [-0.25, -0.2) is 4.68 Å². The third-order valence-electron chi connectivity index (χ3n) is 4.25. The molecule has 140 valence electrons. The molecule has 1 aliphatic rings. The molecule has 3 aromatic rings. The van der Waals surface area contributed by atoms with Gasteiger partial charge in [0.05, 0.1) is 19.3 Å². The smallest absolute Gasteiger partial charge is 0.415 e. The van der Waals surface area contributed by atoms with E-state index in [2.05, 4.69) is 15.3 Å². The fourth-order valence-electron chi connectivity index (χ4n) is 2.98. The molecular weight excluding hydrogens is 352 g/mol. The van der Waals surface area contributed by atoms with Crippen LogP contribution in [0.2, 0.25) is 0 Å². The quantitative estimate of drug-likeness (QED) is 0.483. The molecular formula is C17H18N6O4. The molecule has 0 radical (unpaired) electrons. The van der Waals surface area contributed by atoms with Gasteiger partial charge in [-0.15, -0.1) is 5.10 Å². The Bertz CT molecular complexity index is 954. The molecule has 0 saturated heterocycles. The molecule has 0 unspecified atom stereocenters. The van der Waals surface area contributed by atoms with Crippen molar-refractivity contribution in [3.8, 4) is 11.8 Å². The monoisotopic (exact) mass is 370 g/mol. The lowest BCUT2D eigenvalue weighted by Gasteiger charge is -2.21. The maximum Gasteiger partial charge on any atom is 0.415 e. The number of benzene rings is 1. The van der Waals surface area contributed by atoms with E-state index in [1.807, 2.05) is 38.1 Å². The summed E-state index contributed by atoms with van der Waals surface area (Å²) in [6, 6.07) is 8.03. The minimum absolute atomic E-state index is 0.219. The first-order chi connectivity index (χ1) is 12.9. The van der Waals surface area contributed by atoms with Crippen molar-refractivity contribution in [2.75, 3.05) is 0 Å². The summed E-state index contributed by atoms with van der Waals surface area (Å²) in [6.07, 6.45) is 3.18. The lowest BCUT2D eigenvalue weighted by Crippen LogP contribution is -2.36. The number of hydrogen-bond acceptors (Lipinski definition) is 7. The van der Waals surface area contributed by atoms with Gasteiger partial charge >= 0.3 is 11.8 Å². The summed E-state index contributed by atoms with van der Waals surface area (Å²) in [4.78, 5) is 14.1. The fourth-order valence-corrected chi connectivity index (χ4v) is 2.98. The van der Waals surface area contributed by atoms with Gasteiger partial charge in [0.25, 0.3) is 0 Å². The zero-order valence-corrected chi connectivity index (χ0v) is 14.9. The molecule has 0 aliphatic carbocycles. The van der Waals surface area contributed by atoms with Crippen molar-refractivity contribution >= 4 is 5.82 Å². The van der Waals surface area contributed by atoms with E-state index in [9.17, 15) is 10.1 Å². The SMILES string of the molecule is Cc1ccc(OCc2cn(C[C@@]3(C)Cn4cc([N+](=O)[O-])nc4O3)nn2)cc1. The van der Waals surface area contributed by atoms with Gasteiger partial charge in [0.2, 0.25) is 0 Å². The van der Waals surface area contributed by atoms with Crippen molar-refractivity contribution in [2.45, 2.75) is 39.1 Å². The van der Waals surface area contributed by atoms with E-state index in [0.29, 0.717) is 25.4 Å². The second-order valence-corrected chi connectivity index (χ2v) is 6.83. The summed E-state index contributed by atoms with van der Waals surface area (Å²) in [5, 5.41) is 19.0. The predicted octanol–water partition coefficient (Wildman–Crippen LogP) is 2.12. The van der Waals surface area contributed by atoms with E-state index >= 15 is 0 Å². The van der Waals surface area contributed by atoms with Gasteiger partial charge in [-0.2, -0.15) is 0 Å². The minimum atomic E-state index is -0.611. The molecule has 10 heteroatoms. The largest absolute Gasteiger partial charge is 0.487 e. The van der Waals surface area contributed by atoms with E-state index in [1.165, 1.54) is 11.8 Å². The van der Waals surface area contributed by atoms with Gasteiger partial charge in [-0.05, 0) is 30.9 Å². The number of ether oxygens (including phenoxy) is 2. The second kappa shape index (κ2) is 6.38. The number of hydrogen-bond donors (Lipinski definition) is 0. The lowest BCUT2D eigenvalue weighted by molar-refractivity contribution is -0.389. The Morgan fingerprint density at radius 3 is 2.81 bits per heavy atom. The average Bonchev–Trinajstić information content (AvgIpc) is 3.28. The zero-order valence-electron chi connectivity index (χ0n) is 14.9. The number of aromatic nitrogens is 5. The van der Waals surface area contributed by atoms with E-state index in [1.54, 1.807) is 15.4 Å². The van der Waals surface area contributed by atoms with E-state index in [0.717, 1.165) is 5.75 Å². The Balaban J connectivity index is 1.37. The highest BCUT2D eigenvalue weighted by molar-refractivity contribution is 5.26. The molecule has 1 aliphatic heterocycles. The average molecular weight is 370 g/mol. The Hall–Kier alpha value is -3.43. The van der Waals surface area contributed by atoms with E-state index in [-0.39, 0.29) is 11.8 Å². The first-order valence-electron chi connectivity index (χ1n) is 8.39. The summed E-state index contributed by atoms with van der Waals surface area (Å²) < 4.78 is 14.8. The molecule has 27 heavy (non-hydrogen) atoms. The van der Waals surface area contributed by atoms with Crippen LogP contribution in [0.4, 0.5) is 5.82 Å². The highest BCUT2D eigenvalue weighted by Gasteiger charge is 2.40. The normalized spacial score (nSPS) is 18.1. The van der Waals surface area contributed by atoms with Crippen LogP contribution in [0.15, 0.2) is 36.7 Å². The molecule has 4 rings (SSSR count). The lowest BCUT2D eigenvalue weighted by atomic mass is 10.1. The van der Waals surface area contributed by atoms with Crippen molar-refractivity contribution in [3.05, 3.63) is 58.0 Å². The van der Waals surface area contributed by atoms with Crippen LogP contribution in [-0.4, -0.2) is 35.1 Å². The van der Waals surface area contributed by atoms with Crippen molar-refractivity contribution < 1.29 is 14.4 Å². The van der Waals surface area contributed by atoms with Crippen LogP contribution in [0.1, 0.15) is 18.2 Å². The standard InChI is InChI=1S/C17H18N6O4/c1-12-3-5-14(6-4-12)26-9-13-7-22(20-19-13)11-17(2)10-21-8-15(23(24)25)18-16(21)27-17/h3-8H,9-11H2,1-2H3/t17-/m1/s1. The highest BCUT2D eigenvalue weighted by Crippen LogP contribution is 2.31. The third kappa shape index (κ3) is 3.59. The predicted molar refractivity (Wildman–Crippen MR) is 93.4 cm³/mol. The molecule has 10 nitrogen and oxygen atoms in total. The molecule has 2 aromatic heterocycles.